The third-order valence-corrected chi connectivity index (χ3v) is 8.66. The number of nitrogens with zero attached hydrogens (tertiary/aromatic N) is 5. The monoisotopic (exact) mass is 643 g/mol. The van der Waals surface area contributed by atoms with Crippen molar-refractivity contribution in [3.8, 4) is 27.6 Å². The molecule has 0 saturated carbocycles. The number of rotatable bonds is 8. The lowest BCUT2D eigenvalue weighted by Crippen LogP contribution is -2.44. The standard InChI is InChI=1S/C34H37N5O6S/c1-34(2,3)45-33(41)38-13-11-25(12-14-38)44-26-8-6-7-22(15-26)20-43-29-17-30(46-31(29)32(40)42-5)39-21-35-27-16-23(9-10-28(27)39)24-18-36-37(4)19-24/h6-10,15-19,21,25H,11-14,20H2,1-5H3. The van der Waals surface area contributed by atoms with E-state index in [0.717, 1.165) is 38.5 Å². The first-order valence-corrected chi connectivity index (χ1v) is 15.9. The molecule has 4 heterocycles. The fraction of sp³-hybridized carbons (Fsp3) is 0.353. The van der Waals surface area contributed by atoms with Crippen LogP contribution in [-0.2, 0) is 23.1 Å². The second-order valence-corrected chi connectivity index (χ2v) is 13.2. The summed E-state index contributed by atoms with van der Waals surface area (Å²) in [6, 6.07) is 15.6. The molecule has 46 heavy (non-hydrogen) atoms. The Morgan fingerprint density at radius 1 is 1.04 bits per heavy atom. The van der Waals surface area contributed by atoms with Crippen molar-refractivity contribution in [3.05, 3.63) is 77.7 Å². The zero-order chi connectivity index (χ0) is 32.4. The van der Waals surface area contributed by atoms with E-state index in [2.05, 4.69) is 10.1 Å². The Bertz CT molecular complexity index is 1860. The number of ether oxygens (including phenoxy) is 4. The quantitative estimate of drug-likeness (QED) is 0.173. The molecular formula is C34H37N5O6S. The molecule has 0 bridgehead atoms. The van der Waals surface area contributed by atoms with Gasteiger partial charge in [0.25, 0.3) is 0 Å². The van der Waals surface area contributed by atoms with Crippen molar-refractivity contribution in [2.45, 2.75) is 51.9 Å². The van der Waals surface area contributed by atoms with Crippen molar-refractivity contribution in [1.82, 2.24) is 24.2 Å². The van der Waals surface area contributed by atoms with Crippen LogP contribution in [0.5, 0.6) is 11.5 Å². The number of amides is 1. The summed E-state index contributed by atoms with van der Waals surface area (Å²) >= 11 is 1.28. The van der Waals surface area contributed by atoms with Gasteiger partial charge in [0.1, 0.15) is 41.1 Å². The molecule has 6 rings (SSSR count). The molecule has 0 unspecified atom stereocenters. The summed E-state index contributed by atoms with van der Waals surface area (Å²) in [5.74, 6) is 0.692. The minimum atomic E-state index is -0.519. The zero-order valence-electron chi connectivity index (χ0n) is 26.6. The molecule has 1 aliphatic rings. The van der Waals surface area contributed by atoms with Gasteiger partial charge in [0, 0.05) is 50.8 Å². The number of benzene rings is 2. The largest absolute Gasteiger partial charge is 0.490 e. The third-order valence-electron chi connectivity index (χ3n) is 7.57. The highest BCUT2D eigenvalue weighted by atomic mass is 32.1. The lowest BCUT2D eigenvalue weighted by molar-refractivity contribution is 0.0126. The lowest BCUT2D eigenvalue weighted by atomic mass is 10.1. The third kappa shape index (κ3) is 7.02. The maximum Gasteiger partial charge on any atom is 0.410 e. The van der Waals surface area contributed by atoms with E-state index in [-0.39, 0.29) is 18.8 Å². The van der Waals surface area contributed by atoms with Crippen LogP contribution < -0.4 is 9.47 Å². The maximum absolute atomic E-state index is 12.7. The topological polar surface area (TPSA) is 110 Å². The number of carbonyl (C=O) groups excluding carboxylic acids is 2. The highest BCUT2D eigenvalue weighted by Gasteiger charge is 2.28. The van der Waals surface area contributed by atoms with Crippen LogP contribution in [0.15, 0.2) is 67.3 Å². The Kier molecular flexibility index (Phi) is 8.72. The fourth-order valence-corrected chi connectivity index (χ4v) is 6.31. The van der Waals surface area contributed by atoms with Crippen molar-refractivity contribution in [2.75, 3.05) is 20.2 Å². The highest BCUT2D eigenvalue weighted by molar-refractivity contribution is 7.16. The average molecular weight is 644 g/mol. The molecule has 2 aromatic carbocycles. The van der Waals surface area contributed by atoms with Crippen molar-refractivity contribution < 1.29 is 28.5 Å². The Morgan fingerprint density at radius 3 is 2.57 bits per heavy atom. The Labute approximate surface area is 271 Å². The first kappa shape index (κ1) is 31.2. The predicted molar refractivity (Wildman–Crippen MR) is 175 cm³/mol. The molecule has 1 saturated heterocycles. The summed E-state index contributed by atoms with van der Waals surface area (Å²) in [4.78, 5) is 31.8. The van der Waals surface area contributed by atoms with Crippen molar-refractivity contribution in [2.24, 2.45) is 7.05 Å². The van der Waals surface area contributed by atoms with Gasteiger partial charge >= 0.3 is 12.1 Å². The van der Waals surface area contributed by atoms with Gasteiger partial charge in [-0.1, -0.05) is 18.2 Å². The van der Waals surface area contributed by atoms with E-state index in [1.54, 1.807) is 15.9 Å². The zero-order valence-corrected chi connectivity index (χ0v) is 27.4. The van der Waals surface area contributed by atoms with Gasteiger partial charge in [0.05, 0.1) is 24.3 Å². The number of esters is 1. The summed E-state index contributed by atoms with van der Waals surface area (Å²) in [7, 11) is 3.24. The molecule has 11 nitrogen and oxygen atoms in total. The van der Waals surface area contributed by atoms with Gasteiger partial charge in [0.2, 0.25) is 0 Å². The van der Waals surface area contributed by atoms with Crippen LogP contribution in [0.4, 0.5) is 4.79 Å². The summed E-state index contributed by atoms with van der Waals surface area (Å²) in [5.41, 5.74) is 4.13. The summed E-state index contributed by atoms with van der Waals surface area (Å²) in [5, 5.41) is 5.04. The van der Waals surface area contributed by atoms with Crippen molar-refractivity contribution in [1.29, 1.82) is 0 Å². The fourth-order valence-electron chi connectivity index (χ4n) is 5.31. The van der Waals surface area contributed by atoms with Gasteiger partial charge in [-0.3, -0.25) is 9.25 Å². The van der Waals surface area contributed by atoms with E-state index < -0.39 is 11.6 Å². The number of methoxy groups -OCH3 is 1. The van der Waals surface area contributed by atoms with Gasteiger partial charge < -0.3 is 23.8 Å². The Morgan fingerprint density at radius 2 is 1.85 bits per heavy atom. The van der Waals surface area contributed by atoms with E-state index in [1.807, 2.05) is 93.3 Å². The normalized spacial score (nSPS) is 14.0. The number of piperidine rings is 1. The van der Waals surface area contributed by atoms with Crippen LogP contribution in [0.1, 0.15) is 48.8 Å². The minimum absolute atomic E-state index is 0.00865. The van der Waals surface area contributed by atoms with E-state index in [0.29, 0.717) is 36.6 Å². The molecule has 0 radical (unpaired) electrons. The van der Waals surface area contributed by atoms with E-state index in [9.17, 15) is 9.59 Å². The van der Waals surface area contributed by atoms with Gasteiger partial charge in [0.15, 0.2) is 4.88 Å². The second-order valence-electron chi connectivity index (χ2n) is 12.2. The number of imidazole rings is 1. The summed E-state index contributed by atoms with van der Waals surface area (Å²) < 4.78 is 26.7. The predicted octanol–water partition coefficient (Wildman–Crippen LogP) is 6.63. The molecule has 240 valence electrons. The molecule has 1 aliphatic heterocycles. The van der Waals surface area contributed by atoms with Crippen molar-refractivity contribution in [3.63, 3.8) is 0 Å². The van der Waals surface area contributed by atoms with Gasteiger partial charge in [-0.15, -0.1) is 11.3 Å². The highest BCUT2D eigenvalue weighted by Crippen LogP contribution is 2.36. The number of carbonyl (C=O) groups is 2. The van der Waals surface area contributed by atoms with Crippen LogP contribution in [0.2, 0.25) is 0 Å². The number of fused-ring (bicyclic) bond motifs is 1. The van der Waals surface area contributed by atoms with Crippen LogP contribution in [0.25, 0.3) is 27.2 Å². The number of hydrogen-bond acceptors (Lipinski definition) is 9. The smallest absolute Gasteiger partial charge is 0.410 e. The lowest BCUT2D eigenvalue weighted by Gasteiger charge is -2.33. The summed E-state index contributed by atoms with van der Waals surface area (Å²) in [6.07, 6.45) is 6.66. The van der Waals surface area contributed by atoms with E-state index in [1.165, 1.54) is 18.4 Å². The number of aryl methyl sites for hydroxylation is 1. The molecule has 12 heteroatoms. The number of thiophene rings is 1. The molecular weight excluding hydrogens is 606 g/mol. The van der Waals surface area contributed by atoms with Crippen molar-refractivity contribution >= 4 is 34.4 Å². The first-order valence-electron chi connectivity index (χ1n) is 15.1. The molecule has 5 aromatic rings. The van der Waals surface area contributed by atoms with Crippen LogP contribution in [0, 0.1) is 0 Å². The van der Waals surface area contributed by atoms with Crippen LogP contribution >= 0.6 is 11.3 Å². The first-order chi connectivity index (χ1) is 22.1. The van der Waals surface area contributed by atoms with E-state index >= 15 is 0 Å². The molecule has 0 spiro atoms. The Hall–Kier alpha value is -4.84. The van der Waals surface area contributed by atoms with Crippen LogP contribution in [-0.4, -0.2) is 68.2 Å². The Balaban J connectivity index is 1.13. The maximum atomic E-state index is 12.7. The molecule has 0 N–H and O–H groups in total. The molecule has 3 aromatic heterocycles. The number of aromatic nitrogens is 4. The number of hydrogen-bond donors (Lipinski definition) is 0. The van der Waals surface area contributed by atoms with Gasteiger partial charge in [-0.05, 0) is 56.2 Å². The second kappa shape index (κ2) is 12.9. The van der Waals surface area contributed by atoms with Crippen LogP contribution in [0.3, 0.4) is 0 Å². The SMILES string of the molecule is COC(=O)c1sc(-n2cnc3cc(-c4cnn(C)c4)ccc32)cc1OCc1cccc(OC2CCN(C(=O)OC(C)(C)C)CC2)c1. The molecule has 0 aliphatic carbocycles. The van der Waals surface area contributed by atoms with Gasteiger partial charge in [-0.2, -0.15) is 5.10 Å². The number of likely N-dealkylation sites (tertiary alicyclic amines) is 1. The van der Waals surface area contributed by atoms with Gasteiger partial charge in [-0.25, -0.2) is 14.6 Å². The molecule has 0 atom stereocenters. The van der Waals surface area contributed by atoms with E-state index in [4.69, 9.17) is 18.9 Å². The summed E-state index contributed by atoms with van der Waals surface area (Å²) in [6.45, 7) is 6.99. The molecule has 1 fully saturated rings. The minimum Gasteiger partial charge on any atom is -0.490 e. The molecule has 1 amide bonds. The average Bonchev–Trinajstić information content (AvgIpc) is 3.77.